The Hall–Kier alpha value is -1.22. The maximum absolute atomic E-state index is 5.42. The Morgan fingerprint density at radius 3 is 2.88 bits per heavy atom. The minimum absolute atomic E-state index is 0.449. The van der Waals surface area contributed by atoms with Crippen molar-refractivity contribution >= 4 is 5.69 Å². The molecular weight excluding hydrogens is 214 g/mol. The fraction of sp³-hybridized carbons (Fsp3) is 0.571. The van der Waals surface area contributed by atoms with Crippen LogP contribution in [0.25, 0.3) is 0 Å². The second-order valence-electron chi connectivity index (χ2n) is 4.74. The molecule has 1 aromatic carbocycles. The van der Waals surface area contributed by atoms with Crippen LogP contribution in [0.3, 0.4) is 0 Å². The molecule has 0 aliphatic carbocycles. The van der Waals surface area contributed by atoms with Gasteiger partial charge in [0.1, 0.15) is 5.75 Å². The van der Waals surface area contributed by atoms with Gasteiger partial charge in [-0.15, -0.1) is 0 Å². The van der Waals surface area contributed by atoms with Crippen LogP contribution in [0.5, 0.6) is 5.75 Å². The molecule has 94 valence electrons. The summed E-state index contributed by atoms with van der Waals surface area (Å²) < 4.78 is 10.7. The van der Waals surface area contributed by atoms with Crippen molar-refractivity contribution in [2.24, 2.45) is 5.92 Å². The van der Waals surface area contributed by atoms with Gasteiger partial charge in [0.05, 0.1) is 13.7 Å². The monoisotopic (exact) mass is 235 g/mol. The zero-order valence-electron chi connectivity index (χ0n) is 10.8. The van der Waals surface area contributed by atoms with E-state index in [0.29, 0.717) is 12.0 Å². The number of nitrogens with one attached hydrogen (secondary N) is 1. The van der Waals surface area contributed by atoms with E-state index in [1.807, 2.05) is 6.07 Å². The molecule has 1 saturated heterocycles. The highest BCUT2D eigenvalue weighted by Gasteiger charge is 2.22. The highest BCUT2D eigenvalue weighted by Crippen LogP contribution is 2.24. The van der Waals surface area contributed by atoms with Crippen molar-refractivity contribution in [3.8, 4) is 5.75 Å². The summed E-state index contributed by atoms with van der Waals surface area (Å²) in [5.74, 6) is 1.56. The van der Waals surface area contributed by atoms with Gasteiger partial charge in [-0.3, -0.25) is 0 Å². The summed E-state index contributed by atoms with van der Waals surface area (Å²) in [4.78, 5) is 0. The summed E-state index contributed by atoms with van der Waals surface area (Å²) in [6.45, 7) is 6.06. The van der Waals surface area contributed by atoms with Crippen molar-refractivity contribution in [1.29, 1.82) is 0 Å². The Balaban J connectivity index is 2.00. The standard InChI is InChI=1S/C14H21NO2/c1-10-8-13(4-5-14(10)16-3)15-11(2)12-6-7-17-9-12/h4-5,8,11-12,15H,6-7,9H2,1-3H3. The number of aryl methyl sites for hydroxylation is 1. The maximum Gasteiger partial charge on any atom is 0.121 e. The first-order valence-electron chi connectivity index (χ1n) is 6.19. The fourth-order valence-electron chi connectivity index (χ4n) is 2.30. The third-order valence-electron chi connectivity index (χ3n) is 3.46. The van der Waals surface area contributed by atoms with Gasteiger partial charge in [-0.1, -0.05) is 0 Å². The normalized spacial score (nSPS) is 21.2. The van der Waals surface area contributed by atoms with Gasteiger partial charge in [0, 0.05) is 24.3 Å². The summed E-state index contributed by atoms with van der Waals surface area (Å²) in [6, 6.07) is 6.66. The predicted octanol–water partition coefficient (Wildman–Crippen LogP) is 2.84. The molecule has 1 aliphatic heterocycles. The molecule has 2 rings (SSSR count). The van der Waals surface area contributed by atoms with Crippen LogP contribution in [0, 0.1) is 12.8 Å². The largest absolute Gasteiger partial charge is 0.496 e. The van der Waals surface area contributed by atoms with Crippen LogP contribution >= 0.6 is 0 Å². The second-order valence-corrected chi connectivity index (χ2v) is 4.74. The number of hydrogen-bond acceptors (Lipinski definition) is 3. The minimum Gasteiger partial charge on any atom is -0.496 e. The van der Waals surface area contributed by atoms with Gasteiger partial charge in [-0.2, -0.15) is 0 Å². The lowest BCUT2D eigenvalue weighted by molar-refractivity contribution is 0.183. The molecule has 2 unspecified atom stereocenters. The average Bonchev–Trinajstić information content (AvgIpc) is 2.82. The molecule has 3 heteroatoms. The quantitative estimate of drug-likeness (QED) is 0.870. The topological polar surface area (TPSA) is 30.5 Å². The van der Waals surface area contributed by atoms with Crippen molar-refractivity contribution in [2.75, 3.05) is 25.6 Å². The number of hydrogen-bond donors (Lipinski definition) is 1. The van der Waals surface area contributed by atoms with Crippen molar-refractivity contribution in [3.63, 3.8) is 0 Å². The first kappa shape index (κ1) is 12.2. The van der Waals surface area contributed by atoms with E-state index >= 15 is 0 Å². The minimum atomic E-state index is 0.449. The van der Waals surface area contributed by atoms with E-state index in [2.05, 4.69) is 31.3 Å². The average molecular weight is 235 g/mol. The number of methoxy groups -OCH3 is 1. The van der Waals surface area contributed by atoms with Gasteiger partial charge >= 0.3 is 0 Å². The van der Waals surface area contributed by atoms with Crippen molar-refractivity contribution in [2.45, 2.75) is 26.3 Å². The molecule has 0 amide bonds. The molecule has 1 aliphatic rings. The number of anilines is 1. The van der Waals surface area contributed by atoms with Gasteiger partial charge in [0.15, 0.2) is 0 Å². The summed E-state index contributed by atoms with van der Waals surface area (Å²) in [5, 5.41) is 3.54. The Morgan fingerprint density at radius 2 is 2.29 bits per heavy atom. The van der Waals surface area contributed by atoms with Crippen LogP contribution in [-0.2, 0) is 4.74 Å². The van der Waals surface area contributed by atoms with Crippen molar-refractivity contribution in [1.82, 2.24) is 0 Å². The molecular formula is C14H21NO2. The van der Waals surface area contributed by atoms with E-state index in [-0.39, 0.29) is 0 Å². The van der Waals surface area contributed by atoms with Gasteiger partial charge < -0.3 is 14.8 Å². The summed E-state index contributed by atoms with van der Waals surface area (Å²) in [5.41, 5.74) is 2.31. The molecule has 1 fully saturated rings. The first-order valence-corrected chi connectivity index (χ1v) is 6.19. The van der Waals surface area contributed by atoms with Crippen LogP contribution in [0.15, 0.2) is 18.2 Å². The Bertz CT molecular complexity index is 372. The van der Waals surface area contributed by atoms with Crippen LogP contribution < -0.4 is 10.1 Å². The van der Waals surface area contributed by atoms with Gasteiger partial charge in [0.2, 0.25) is 0 Å². The molecule has 1 aromatic rings. The van der Waals surface area contributed by atoms with E-state index in [4.69, 9.17) is 9.47 Å². The van der Waals surface area contributed by atoms with Gasteiger partial charge in [-0.05, 0) is 44.0 Å². The smallest absolute Gasteiger partial charge is 0.121 e. The highest BCUT2D eigenvalue weighted by atomic mass is 16.5. The maximum atomic E-state index is 5.42. The molecule has 0 bridgehead atoms. The molecule has 0 saturated carbocycles. The number of ether oxygens (including phenoxy) is 2. The first-order chi connectivity index (χ1) is 8.20. The van der Waals surface area contributed by atoms with Crippen molar-refractivity contribution < 1.29 is 9.47 Å². The fourth-order valence-corrected chi connectivity index (χ4v) is 2.30. The molecule has 1 N–H and O–H groups in total. The van der Waals surface area contributed by atoms with E-state index in [1.54, 1.807) is 7.11 Å². The summed E-state index contributed by atoms with van der Waals surface area (Å²) >= 11 is 0. The summed E-state index contributed by atoms with van der Waals surface area (Å²) in [7, 11) is 1.70. The molecule has 1 heterocycles. The Kier molecular flexibility index (Phi) is 3.89. The lowest BCUT2D eigenvalue weighted by Gasteiger charge is -2.21. The SMILES string of the molecule is COc1ccc(NC(C)C2CCOC2)cc1C. The van der Waals surface area contributed by atoms with Crippen LogP contribution in [0.1, 0.15) is 18.9 Å². The Morgan fingerprint density at radius 1 is 1.47 bits per heavy atom. The second kappa shape index (κ2) is 5.41. The van der Waals surface area contributed by atoms with Crippen LogP contribution in [0.4, 0.5) is 5.69 Å². The lowest BCUT2D eigenvalue weighted by Crippen LogP contribution is -2.26. The predicted molar refractivity (Wildman–Crippen MR) is 69.7 cm³/mol. The third-order valence-corrected chi connectivity index (χ3v) is 3.46. The highest BCUT2D eigenvalue weighted by molar-refractivity contribution is 5.51. The summed E-state index contributed by atoms with van der Waals surface area (Å²) in [6.07, 6.45) is 1.16. The van der Waals surface area contributed by atoms with E-state index in [1.165, 1.54) is 0 Å². The number of rotatable bonds is 4. The Labute approximate surface area is 103 Å². The van der Waals surface area contributed by atoms with E-state index in [0.717, 1.165) is 36.6 Å². The lowest BCUT2D eigenvalue weighted by atomic mass is 10.0. The van der Waals surface area contributed by atoms with Gasteiger partial charge in [0.25, 0.3) is 0 Å². The molecule has 2 atom stereocenters. The van der Waals surface area contributed by atoms with E-state index in [9.17, 15) is 0 Å². The molecule has 17 heavy (non-hydrogen) atoms. The zero-order chi connectivity index (χ0) is 12.3. The van der Waals surface area contributed by atoms with Crippen LogP contribution in [0.2, 0.25) is 0 Å². The third kappa shape index (κ3) is 2.91. The number of benzene rings is 1. The molecule has 0 spiro atoms. The zero-order valence-corrected chi connectivity index (χ0v) is 10.8. The van der Waals surface area contributed by atoms with Gasteiger partial charge in [-0.25, -0.2) is 0 Å². The molecule has 0 aromatic heterocycles. The molecule has 3 nitrogen and oxygen atoms in total. The van der Waals surface area contributed by atoms with Crippen LogP contribution in [-0.4, -0.2) is 26.4 Å². The van der Waals surface area contributed by atoms with Crippen molar-refractivity contribution in [3.05, 3.63) is 23.8 Å². The van der Waals surface area contributed by atoms with E-state index < -0.39 is 0 Å². The molecule has 0 radical (unpaired) electrons.